The Hall–Kier alpha value is -1.65. The van der Waals surface area contributed by atoms with Crippen LogP contribution in [0.15, 0.2) is 28.7 Å². The number of oxazole rings is 1. The third-order valence-electron chi connectivity index (χ3n) is 4.20. The second-order valence-corrected chi connectivity index (χ2v) is 5.84. The molecule has 21 heavy (non-hydrogen) atoms. The molecule has 0 saturated carbocycles. The first kappa shape index (κ1) is 14.3. The Morgan fingerprint density at radius 1 is 1.24 bits per heavy atom. The second-order valence-electron chi connectivity index (χ2n) is 5.84. The lowest BCUT2D eigenvalue weighted by Gasteiger charge is -2.28. The van der Waals surface area contributed by atoms with Crippen LogP contribution >= 0.6 is 0 Å². The van der Waals surface area contributed by atoms with Crippen molar-refractivity contribution in [3.63, 3.8) is 0 Å². The van der Waals surface area contributed by atoms with Gasteiger partial charge in [0.2, 0.25) is 5.89 Å². The normalized spacial score (nSPS) is 17.3. The first-order chi connectivity index (χ1) is 10.1. The average Bonchev–Trinajstić information content (AvgIpc) is 2.83. The summed E-state index contributed by atoms with van der Waals surface area (Å²) in [5.41, 5.74) is 3.23. The lowest BCUT2D eigenvalue weighted by atomic mass is 10.1. The maximum Gasteiger partial charge on any atom is 0.226 e. The summed E-state index contributed by atoms with van der Waals surface area (Å²) in [6.45, 7) is 6.69. The monoisotopic (exact) mass is 286 g/mol. The molecule has 2 heterocycles. The van der Waals surface area contributed by atoms with Gasteiger partial charge < -0.3 is 9.52 Å². The lowest BCUT2D eigenvalue weighted by molar-refractivity contribution is 0.0785. The number of aromatic nitrogens is 1. The topological polar surface area (TPSA) is 49.5 Å². The van der Waals surface area contributed by atoms with Gasteiger partial charge in [0, 0.05) is 25.2 Å². The van der Waals surface area contributed by atoms with Crippen molar-refractivity contribution in [1.82, 2.24) is 9.88 Å². The van der Waals surface area contributed by atoms with Crippen LogP contribution in [0.4, 0.5) is 0 Å². The molecule has 112 valence electrons. The van der Waals surface area contributed by atoms with Gasteiger partial charge in [-0.2, -0.15) is 0 Å². The van der Waals surface area contributed by atoms with Crippen molar-refractivity contribution in [2.45, 2.75) is 39.3 Å². The van der Waals surface area contributed by atoms with Crippen LogP contribution < -0.4 is 0 Å². The van der Waals surface area contributed by atoms with E-state index in [0.29, 0.717) is 5.89 Å². The molecule has 4 nitrogen and oxygen atoms in total. The van der Waals surface area contributed by atoms with Gasteiger partial charge in [0.15, 0.2) is 0 Å². The number of rotatable bonds is 3. The molecule has 0 atom stereocenters. The fourth-order valence-corrected chi connectivity index (χ4v) is 2.79. The summed E-state index contributed by atoms with van der Waals surface area (Å²) < 4.78 is 5.86. The molecule has 1 aliphatic heterocycles. The maximum absolute atomic E-state index is 9.57. The first-order valence-electron chi connectivity index (χ1n) is 7.56. The molecule has 1 aliphatic rings. The molecule has 0 bridgehead atoms. The molecule has 1 N–H and O–H groups in total. The number of hydrogen-bond acceptors (Lipinski definition) is 4. The van der Waals surface area contributed by atoms with Gasteiger partial charge in [0.05, 0.1) is 11.8 Å². The number of likely N-dealkylation sites (tertiary alicyclic amines) is 1. The Kier molecular flexibility index (Phi) is 4.08. The van der Waals surface area contributed by atoms with Gasteiger partial charge in [-0.05, 0) is 38.3 Å². The van der Waals surface area contributed by atoms with Gasteiger partial charge in [-0.25, -0.2) is 4.98 Å². The Morgan fingerprint density at radius 3 is 2.67 bits per heavy atom. The standard InChI is InChI=1S/C17H22N2O2/c1-12-5-3-4-6-15(12)17-18-16(13(2)21-17)11-19-9-7-14(20)8-10-19/h3-6,14,20H,7-11H2,1-2H3. The minimum Gasteiger partial charge on any atom is -0.441 e. The van der Waals surface area contributed by atoms with E-state index in [1.807, 2.05) is 25.1 Å². The highest BCUT2D eigenvalue weighted by Gasteiger charge is 2.20. The molecule has 0 unspecified atom stereocenters. The minimum absolute atomic E-state index is 0.137. The number of piperidine rings is 1. The molecule has 3 rings (SSSR count). The zero-order chi connectivity index (χ0) is 14.8. The lowest BCUT2D eigenvalue weighted by Crippen LogP contribution is -2.35. The van der Waals surface area contributed by atoms with E-state index in [2.05, 4.69) is 22.9 Å². The van der Waals surface area contributed by atoms with Gasteiger partial charge in [-0.15, -0.1) is 0 Å². The van der Waals surface area contributed by atoms with Gasteiger partial charge in [-0.3, -0.25) is 4.90 Å². The van der Waals surface area contributed by atoms with Crippen molar-refractivity contribution in [3.8, 4) is 11.5 Å². The number of aryl methyl sites for hydroxylation is 2. The van der Waals surface area contributed by atoms with Gasteiger partial charge >= 0.3 is 0 Å². The van der Waals surface area contributed by atoms with Crippen molar-refractivity contribution in [3.05, 3.63) is 41.3 Å². The van der Waals surface area contributed by atoms with Crippen molar-refractivity contribution in [2.24, 2.45) is 0 Å². The summed E-state index contributed by atoms with van der Waals surface area (Å²) in [5, 5.41) is 9.57. The second kappa shape index (κ2) is 6.00. The summed E-state index contributed by atoms with van der Waals surface area (Å²) in [7, 11) is 0. The fraction of sp³-hybridized carbons (Fsp3) is 0.471. The Morgan fingerprint density at radius 2 is 1.95 bits per heavy atom. The third-order valence-corrected chi connectivity index (χ3v) is 4.20. The highest BCUT2D eigenvalue weighted by molar-refractivity contribution is 5.58. The van der Waals surface area contributed by atoms with Crippen LogP contribution in [0.25, 0.3) is 11.5 Å². The summed E-state index contributed by atoms with van der Waals surface area (Å²) >= 11 is 0. The van der Waals surface area contributed by atoms with E-state index in [0.717, 1.165) is 49.5 Å². The van der Waals surface area contributed by atoms with Crippen LogP contribution in [0, 0.1) is 13.8 Å². The van der Waals surface area contributed by atoms with Crippen molar-refractivity contribution < 1.29 is 9.52 Å². The predicted octanol–water partition coefficient (Wildman–Crippen LogP) is 2.92. The van der Waals surface area contributed by atoms with Crippen molar-refractivity contribution in [2.75, 3.05) is 13.1 Å². The third kappa shape index (κ3) is 3.17. The smallest absolute Gasteiger partial charge is 0.226 e. The van der Waals surface area contributed by atoms with E-state index in [-0.39, 0.29) is 6.10 Å². The van der Waals surface area contributed by atoms with Gasteiger partial charge in [0.25, 0.3) is 0 Å². The predicted molar refractivity (Wildman–Crippen MR) is 81.9 cm³/mol. The zero-order valence-corrected chi connectivity index (χ0v) is 12.7. The van der Waals surface area contributed by atoms with E-state index in [1.165, 1.54) is 5.56 Å². The van der Waals surface area contributed by atoms with E-state index >= 15 is 0 Å². The summed E-state index contributed by atoms with van der Waals surface area (Å²) in [4.78, 5) is 7.02. The Labute approximate surface area is 125 Å². The largest absolute Gasteiger partial charge is 0.441 e. The van der Waals surface area contributed by atoms with E-state index < -0.39 is 0 Å². The van der Waals surface area contributed by atoms with E-state index in [1.54, 1.807) is 0 Å². The summed E-state index contributed by atoms with van der Waals surface area (Å²) in [5.74, 6) is 1.59. The number of hydrogen-bond donors (Lipinski definition) is 1. The number of aliphatic hydroxyl groups is 1. The SMILES string of the molecule is Cc1ccccc1-c1nc(CN2CCC(O)CC2)c(C)o1. The summed E-state index contributed by atoms with van der Waals surface area (Å²) in [6.07, 6.45) is 1.56. The number of nitrogens with zero attached hydrogens (tertiary/aromatic N) is 2. The molecule has 0 amide bonds. The van der Waals surface area contributed by atoms with Crippen LogP contribution in [0.3, 0.4) is 0 Å². The molecule has 1 fully saturated rings. The molecule has 4 heteroatoms. The van der Waals surface area contributed by atoms with Crippen LogP contribution in [-0.2, 0) is 6.54 Å². The van der Waals surface area contributed by atoms with Crippen LogP contribution in [-0.4, -0.2) is 34.2 Å². The molecule has 1 saturated heterocycles. The molecule has 0 aliphatic carbocycles. The maximum atomic E-state index is 9.57. The van der Waals surface area contributed by atoms with Crippen molar-refractivity contribution >= 4 is 0 Å². The molecule has 1 aromatic carbocycles. The van der Waals surface area contributed by atoms with Crippen LogP contribution in [0.1, 0.15) is 29.9 Å². The Balaban J connectivity index is 1.77. The van der Waals surface area contributed by atoms with Crippen LogP contribution in [0.2, 0.25) is 0 Å². The molecule has 0 radical (unpaired) electrons. The molecular formula is C17H22N2O2. The fourth-order valence-electron chi connectivity index (χ4n) is 2.79. The van der Waals surface area contributed by atoms with Gasteiger partial charge in [0.1, 0.15) is 5.76 Å². The quantitative estimate of drug-likeness (QED) is 0.942. The highest BCUT2D eigenvalue weighted by atomic mass is 16.4. The van der Waals surface area contributed by atoms with Gasteiger partial charge in [-0.1, -0.05) is 18.2 Å². The average molecular weight is 286 g/mol. The minimum atomic E-state index is -0.137. The number of aliphatic hydroxyl groups excluding tert-OH is 1. The van der Waals surface area contributed by atoms with Crippen LogP contribution in [0.5, 0.6) is 0 Å². The molecule has 2 aromatic rings. The first-order valence-corrected chi connectivity index (χ1v) is 7.56. The zero-order valence-electron chi connectivity index (χ0n) is 12.7. The molecule has 1 aromatic heterocycles. The summed E-state index contributed by atoms with van der Waals surface area (Å²) in [6, 6.07) is 8.14. The Bertz CT molecular complexity index is 613. The number of benzene rings is 1. The van der Waals surface area contributed by atoms with E-state index in [9.17, 15) is 5.11 Å². The van der Waals surface area contributed by atoms with E-state index in [4.69, 9.17) is 4.42 Å². The molecule has 0 spiro atoms. The highest BCUT2D eigenvalue weighted by Crippen LogP contribution is 2.25. The van der Waals surface area contributed by atoms with Crippen molar-refractivity contribution in [1.29, 1.82) is 0 Å². The molecular weight excluding hydrogens is 264 g/mol.